The van der Waals surface area contributed by atoms with Crippen molar-refractivity contribution in [3.05, 3.63) is 18.2 Å². The van der Waals surface area contributed by atoms with Gasteiger partial charge >= 0.3 is 0 Å². The van der Waals surface area contributed by atoms with Crippen LogP contribution in [-0.4, -0.2) is 50.6 Å². The fourth-order valence-corrected chi connectivity index (χ4v) is 4.21. The number of piperidine rings is 1. The van der Waals surface area contributed by atoms with Crippen molar-refractivity contribution in [2.75, 3.05) is 38.8 Å². The average Bonchev–Trinajstić information content (AvgIpc) is 3.01. The Hall–Kier alpha value is -2.24. The number of likely N-dealkylation sites (tertiary alicyclic amines) is 1. The number of nitrogens with zero attached hydrogens (tertiary/aromatic N) is 2. The summed E-state index contributed by atoms with van der Waals surface area (Å²) in [6, 6.07) is 5.36. The summed E-state index contributed by atoms with van der Waals surface area (Å²) in [4.78, 5) is 29.2. The molecule has 0 aliphatic carbocycles. The molecule has 142 valence electrons. The van der Waals surface area contributed by atoms with Gasteiger partial charge in [-0.3, -0.25) is 9.59 Å². The van der Waals surface area contributed by atoms with E-state index in [-0.39, 0.29) is 24.2 Å². The second-order valence-electron chi connectivity index (χ2n) is 7.63. The van der Waals surface area contributed by atoms with Gasteiger partial charge in [0.15, 0.2) is 0 Å². The number of rotatable bonds is 4. The van der Waals surface area contributed by atoms with E-state index >= 15 is 0 Å². The van der Waals surface area contributed by atoms with Crippen LogP contribution in [0.2, 0.25) is 0 Å². The third-order valence-electron chi connectivity index (χ3n) is 5.33. The Morgan fingerprint density at radius 3 is 2.38 bits per heavy atom. The van der Waals surface area contributed by atoms with Gasteiger partial charge in [0.1, 0.15) is 11.5 Å². The van der Waals surface area contributed by atoms with Gasteiger partial charge in [-0.25, -0.2) is 0 Å². The zero-order valence-corrected chi connectivity index (χ0v) is 16.0. The van der Waals surface area contributed by atoms with Gasteiger partial charge in [-0.1, -0.05) is 13.8 Å². The largest absolute Gasteiger partial charge is 0.497 e. The van der Waals surface area contributed by atoms with Gasteiger partial charge in [0.05, 0.1) is 25.8 Å². The monoisotopic (exact) mass is 360 g/mol. The van der Waals surface area contributed by atoms with Crippen LogP contribution in [0.3, 0.4) is 0 Å². The Bertz CT molecular complexity index is 680. The number of carbonyl (C=O) groups is 2. The molecule has 2 aliphatic rings. The first-order valence-corrected chi connectivity index (χ1v) is 9.24. The predicted octanol–water partition coefficient (Wildman–Crippen LogP) is 2.56. The molecule has 0 bridgehead atoms. The molecule has 3 atom stereocenters. The highest BCUT2D eigenvalue weighted by Crippen LogP contribution is 2.36. The average molecular weight is 360 g/mol. The molecule has 6 heteroatoms. The van der Waals surface area contributed by atoms with Crippen molar-refractivity contribution in [1.82, 2.24) is 4.90 Å². The lowest BCUT2D eigenvalue weighted by Crippen LogP contribution is -2.45. The van der Waals surface area contributed by atoms with E-state index in [1.54, 1.807) is 37.3 Å². The first-order chi connectivity index (χ1) is 12.4. The van der Waals surface area contributed by atoms with E-state index in [1.165, 1.54) is 0 Å². The molecule has 2 fully saturated rings. The van der Waals surface area contributed by atoms with Gasteiger partial charge in [-0.2, -0.15) is 0 Å². The summed E-state index contributed by atoms with van der Waals surface area (Å²) < 4.78 is 10.7. The number of ether oxygens (including phenoxy) is 2. The second-order valence-corrected chi connectivity index (χ2v) is 7.63. The maximum Gasteiger partial charge on any atom is 0.228 e. The zero-order valence-electron chi connectivity index (χ0n) is 16.0. The van der Waals surface area contributed by atoms with Crippen LogP contribution in [-0.2, 0) is 9.59 Å². The summed E-state index contributed by atoms with van der Waals surface area (Å²) in [5.74, 6) is 2.03. The summed E-state index contributed by atoms with van der Waals surface area (Å²) >= 11 is 0. The van der Waals surface area contributed by atoms with Crippen LogP contribution in [0.15, 0.2) is 18.2 Å². The normalized spacial score (nSPS) is 26.2. The van der Waals surface area contributed by atoms with Gasteiger partial charge in [0.25, 0.3) is 0 Å². The number of carbonyl (C=O) groups excluding carboxylic acids is 2. The molecule has 3 unspecified atom stereocenters. The summed E-state index contributed by atoms with van der Waals surface area (Å²) in [6.07, 6.45) is 1.40. The molecule has 2 saturated heterocycles. The highest BCUT2D eigenvalue weighted by atomic mass is 16.5. The minimum atomic E-state index is -0.295. The van der Waals surface area contributed by atoms with Crippen LogP contribution in [0.4, 0.5) is 5.69 Å². The lowest BCUT2D eigenvalue weighted by Gasteiger charge is -2.36. The topological polar surface area (TPSA) is 59.1 Å². The Labute approximate surface area is 155 Å². The molecule has 2 amide bonds. The molecule has 0 aromatic heterocycles. The van der Waals surface area contributed by atoms with Crippen molar-refractivity contribution in [3.8, 4) is 11.5 Å². The van der Waals surface area contributed by atoms with Crippen LogP contribution in [0.25, 0.3) is 0 Å². The van der Waals surface area contributed by atoms with Crippen molar-refractivity contribution in [2.24, 2.45) is 17.8 Å². The van der Waals surface area contributed by atoms with Gasteiger partial charge in [0, 0.05) is 32.1 Å². The molecule has 0 radical (unpaired) electrons. The van der Waals surface area contributed by atoms with E-state index < -0.39 is 0 Å². The molecule has 26 heavy (non-hydrogen) atoms. The lowest BCUT2D eigenvalue weighted by molar-refractivity contribution is -0.138. The molecule has 0 saturated carbocycles. The third kappa shape index (κ3) is 3.64. The lowest BCUT2D eigenvalue weighted by atomic mass is 9.91. The molecular formula is C20H28N2O4. The van der Waals surface area contributed by atoms with Crippen LogP contribution in [0, 0.1) is 17.8 Å². The predicted molar refractivity (Wildman–Crippen MR) is 99.5 cm³/mol. The fraction of sp³-hybridized carbons (Fsp3) is 0.600. The molecule has 1 aromatic rings. The third-order valence-corrected chi connectivity index (χ3v) is 5.33. The smallest absolute Gasteiger partial charge is 0.228 e. The Kier molecular flexibility index (Phi) is 5.39. The number of anilines is 1. The molecule has 2 heterocycles. The quantitative estimate of drug-likeness (QED) is 0.828. The highest BCUT2D eigenvalue weighted by molar-refractivity contribution is 6.01. The molecule has 0 N–H and O–H groups in total. The van der Waals surface area contributed by atoms with Crippen LogP contribution in [0.1, 0.15) is 26.7 Å². The Morgan fingerprint density at radius 1 is 1.08 bits per heavy atom. The SMILES string of the molecule is COc1ccc(OC)c(N2CC(C(=O)N3CC(C)CC(C)C3)CC2=O)c1. The van der Waals surface area contributed by atoms with Crippen molar-refractivity contribution < 1.29 is 19.1 Å². The van der Waals surface area contributed by atoms with E-state index in [0.717, 1.165) is 19.5 Å². The van der Waals surface area contributed by atoms with E-state index in [2.05, 4.69) is 13.8 Å². The molecule has 0 spiro atoms. The van der Waals surface area contributed by atoms with E-state index in [0.29, 0.717) is 35.6 Å². The summed E-state index contributed by atoms with van der Waals surface area (Å²) in [6.45, 7) is 6.33. The summed E-state index contributed by atoms with van der Waals surface area (Å²) in [7, 11) is 3.16. The maximum absolute atomic E-state index is 13.0. The van der Waals surface area contributed by atoms with Gasteiger partial charge in [0.2, 0.25) is 11.8 Å². The maximum atomic E-state index is 13.0. The van der Waals surface area contributed by atoms with Crippen molar-refractivity contribution in [2.45, 2.75) is 26.7 Å². The van der Waals surface area contributed by atoms with E-state index in [1.807, 2.05) is 4.90 Å². The standard InChI is InChI=1S/C20H28N2O4/c1-13-7-14(2)11-21(10-13)20(24)15-8-19(23)22(12-15)17-9-16(25-3)5-6-18(17)26-4/h5-6,9,13-15H,7-8,10-12H2,1-4H3. The van der Waals surface area contributed by atoms with Crippen LogP contribution in [0.5, 0.6) is 11.5 Å². The fourth-order valence-electron chi connectivity index (χ4n) is 4.21. The number of hydrogen-bond donors (Lipinski definition) is 0. The molecule has 1 aromatic carbocycles. The number of benzene rings is 1. The van der Waals surface area contributed by atoms with Gasteiger partial charge in [-0.05, 0) is 30.4 Å². The second kappa shape index (κ2) is 7.56. The molecular weight excluding hydrogens is 332 g/mol. The van der Waals surface area contributed by atoms with E-state index in [9.17, 15) is 9.59 Å². The van der Waals surface area contributed by atoms with Crippen LogP contribution >= 0.6 is 0 Å². The minimum Gasteiger partial charge on any atom is -0.497 e. The molecule has 2 aliphatic heterocycles. The van der Waals surface area contributed by atoms with Crippen molar-refractivity contribution in [3.63, 3.8) is 0 Å². The number of amides is 2. The van der Waals surface area contributed by atoms with Gasteiger partial charge in [-0.15, -0.1) is 0 Å². The Balaban J connectivity index is 1.77. The van der Waals surface area contributed by atoms with Crippen molar-refractivity contribution >= 4 is 17.5 Å². The summed E-state index contributed by atoms with van der Waals surface area (Å²) in [5, 5.41) is 0. The van der Waals surface area contributed by atoms with E-state index in [4.69, 9.17) is 9.47 Å². The first kappa shape index (κ1) is 18.5. The molecule has 6 nitrogen and oxygen atoms in total. The zero-order chi connectivity index (χ0) is 18.8. The number of methoxy groups -OCH3 is 2. The first-order valence-electron chi connectivity index (χ1n) is 9.24. The van der Waals surface area contributed by atoms with Crippen LogP contribution < -0.4 is 14.4 Å². The minimum absolute atomic E-state index is 0.0481. The molecule has 3 rings (SSSR count). The van der Waals surface area contributed by atoms with Crippen molar-refractivity contribution in [1.29, 1.82) is 0 Å². The summed E-state index contributed by atoms with van der Waals surface area (Å²) in [5.41, 5.74) is 0.660. The Morgan fingerprint density at radius 2 is 1.77 bits per heavy atom. The number of hydrogen-bond acceptors (Lipinski definition) is 4. The van der Waals surface area contributed by atoms with Gasteiger partial charge < -0.3 is 19.3 Å². The highest BCUT2D eigenvalue weighted by Gasteiger charge is 2.39.